The summed E-state index contributed by atoms with van der Waals surface area (Å²) in [6, 6.07) is 1.39. The molecule has 1 aromatic heterocycles. The number of nitrogens with zero attached hydrogens (tertiary/aromatic N) is 2. The van der Waals surface area contributed by atoms with Gasteiger partial charge in [0.15, 0.2) is 0 Å². The van der Waals surface area contributed by atoms with Crippen molar-refractivity contribution in [1.29, 1.82) is 0 Å². The predicted molar refractivity (Wildman–Crippen MR) is 98.3 cm³/mol. The Kier molecular flexibility index (Phi) is 3.20. The summed E-state index contributed by atoms with van der Waals surface area (Å²) in [7, 11) is 0. The first kappa shape index (κ1) is 16.1. The summed E-state index contributed by atoms with van der Waals surface area (Å²) in [5, 5.41) is 0.253. The topological polar surface area (TPSA) is 84.1 Å². The first-order valence-electron chi connectivity index (χ1n) is 9.40. The lowest BCUT2D eigenvalue weighted by molar-refractivity contribution is 0.442. The van der Waals surface area contributed by atoms with E-state index in [4.69, 9.17) is 5.73 Å². The average Bonchev–Trinajstić information content (AvgIpc) is 3.50. The Morgan fingerprint density at radius 3 is 2.65 bits per heavy atom. The third-order valence-corrected chi connectivity index (χ3v) is 6.44. The van der Waals surface area contributed by atoms with Gasteiger partial charge in [-0.25, -0.2) is 9.18 Å². The predicted octanol–water partition coefficient (Wildman–Crippen LogP) is 1.79. The van der Waals surface area contributed by atoms with Crippen LogP contribution in [0, 0.1) is 18.7 Å². The number of nitrogens with one attached hydrogen (secondary N) is 1. The number of anilines is 1. The quantitative estimate of drug-likeness (QED) is 0.876. The van der Waals surface area contributed by atoms with Crippen LogP contribution in [0.15, 0.2) is 15.7 Å². The van der Waals surface area contributed by atoms with Crippen molar-refractivity contribution in [1.82, 2.24) is 9.55 Å². The summed E-state index contributed by atoms with van der Waals surface area (Å²) in [6.45, 7) is 3.31. The van der Waals surface area contributed by atoms with E-state index in [-0.39, 0.29) is 17.0 Å². The number of fused-ring (bicyclic) bond motifs is 1. The molecule has 0 spiro atoms. The van der Waals surface area contributed by atoms with Gasteiger partial charge in [0.25, 0.3) is 5.56 Å². The number of aromatic amines is 1. The largest absolute Gasteiger partial charge is 0.369 e. The summed E-state index contributed by atoms with van der Waals surface area (Å²) in [4.78, 5) is 29.0. The van der Waals surface area contributed by atoms with Crippen molar-refractivity contribution < 1.29 is 4.39 Å². The van der Waals surface area contributed by atoms with Crippen molar-refractivity contribution in [2.24, 2.45) is 11.7 Å². The lowest BCUT2D eigenvalue weighted by atomic mass is 9.97. The lowest BCUT2D eigenvalue weighted by Crippen LogP contribution is -2.35. The van der Waals surface area contributed by atoms with E-state index in [2.05, 4.69) is 4.98 Å². The van der Waals surface area contributed by atoms with Gasteiger partial charge in [-0.1, -0.05) is 0 Å². The van der Waals surface area contributed by atoms with Crippen LogP contribution in [0.1, 0.15) is 43.7 Å². The van der Waals surface area contributed by atoms with Gasteiger partial charge in [0.05, 0.1) is 16.6 Å². The van der Waals surface area contributed by atoms with Crippen molar-refractivity contribution >= 4 is 16.6 Å². The fourth-order valence-electron chi connectivity index (χ4n) is 4.62. The van der Waals surface area contributed by atoms with Crippen LogP contribution in [-0.4, -0.2) is 28.2 Å². The molecule has 3 aliphatic rings. The summed E-state index contributed by atoms with van der Waals surface area (Å²) < 4.78 is 16.6. The van der Waals surface area contributed by atoms with E-state index < -0.39 is 17.1 Å². The molecule has 0 radical (unpaired) electrons. The molecule has 26 heavy (non-hydrogen) atoms. The minimum Gasteiger partial charge on any atom is -0.369 e. The zero-order chi connectivity index (χ0) is 18.2. The second kappa shape index (κ2) is 5.19. The summed E-state index contributed by atoms with van der Waals surface area (Å²) in [5.74, 6) is -0.0224. The van der Waals surface area contributed by atoms with Gasteiger partial charge in [-0.05, 0) is 51.0 Å². The van der Waals surface area contributed by atoms with Gasteiger partial charge >= 0.3 is 5.69 Å². The van der Waals surface area contributed by atoms with Crippen LogP contribution >= 0.6 is 0 Å². The molecule has 0 bridgehead atoms. The Morgan fingerprint density at radius 2 is 2.00 bits per heavy atom. The first-order valence-corrected chi connectivity index (χ1v) is 9.40. The number of hydrogen-bond acceptors (Lipinski definition) is 4. The highest BCUT2D eigenvalue weighted by Gasteiger charge is 2.48. The maximum absolute atomic E-state index is 15.0. The van der Waals surface area contributed by atoms with Crippen molar-refractivity contribution in [3.8, 4) is 0 Å². The average molecular weight is 358 g/mol. The maximum atomic E-state index is 15.0. The second-order valence-electron chi connectivity index (χ2n) is 8.25. The molecular formula is C19H23FN4O2. The molecule has 1 aromatic carbocycles. The molecule has 138 valence electrons. The molecule has 1 atom stereocenters. The molecule has 5 rings (SSSR count). The van der Waals surface area contributed by atoms with Crippen LogP contribution in [-0.2, 0) is 0 Å². The summed E-state index contributed by atoms with van der Waals surface area (Å²) >= 11 is 0. The number of benzene rings is 1. The summed E-state index contributed by atoms with van der Waals surface area (Å²) in [5.41, 5.74) is 7.13. The standard InChI is InChI=1S/C19H23FN4O2/c1-10-15-13(17(25)22-18(26)24(15)12-2-3-12)8-14(20)16(10)23-7-4-11(9-23)19(21)5-6-19/h8,11-12H,2-7,9,21H2,1H3,(H,22,25,26). The number of rotatable bonds is 3. The van der Waals surface area contributed by atoms with Crippen LogP contribution in [0.5, 0.6) is 0 Å². The van der Waals surface area contributed by atoms with Crippen molar-refractivity contribution in [2.75, 3.05) is 18.0 Å². The molecule has 1 saturated heterocycles. The highest BCUT2D eigenvalue weighted by Crippen LogP contribution is 2.45. The monoisotopic (exact) mass is 358 g/mol. The molecule has 2 aromatic rings. The van der Waals surface area contributed by atoms with Crippen LogP contribution < -0.4 is 21.9 Å². The number of nitrogens with two attached hydrogens (primary N) is 1. The first-order chi connectivity index (χ1) is 12.4. The van der Waals surface area contributed by atoms with E-state index in [0.717, 1.165) is 45.2 Å². The van der Waals surface area contributed by atoms with Crippen LogP contribution in [0.2, 0.25) is 0 Å². The SMILES string of the molecule is Cc1c(N2CCC(C3(N)CC3)C2)c(F)cc2c(=O)[nH]c(=O)n(C3CC3)c12. The lowest BCUT2D eigenvalue weighted by Gasteiger charge is -2.25. The zero-order valence-corrected chi connectivity index (χ0v) is 14.8. The third-order valence-electron chi connectivity index (χ3n) is 6.44. The normalized spacial score (nSPS) is 24.4. The Labute approximate surface area is 149 Å². The van der Waals surface area contributed by atoms with Gasteiger partial charge in [-0.15, -0.1) is 0 Å². The van der Waals surface area contributed by atoms with Crippen LogP contribution in [0.25, 0.3) is 10.9 Å². The van der Waals surface area contributed by atoms with E-state index >= 15 is 0 Å². The van der Waals surface area contributed by atoms with E-state index in [0.29, 0.717) is 22.7 Å². The van der Waals surface area contributed by atoms with Gasteiger partial charge in [0, 0.05) is 30.2 Å². The highest BCUT2D eigenvalue weighted by atomic mass is 19.1. The van der Waals surface area contributed by atoms with E-state index in [1.165, 1.54) is 6.07 Å². The molecule has 6 nitrogen and oxygen atoms in total. The molecular weight excluding hydrogens is 335 g/mol. The smallest absolute Gasteiger partial charge is 0.329 e. The molecule has 1 unspecified atom stereocenters. The van der Waals surface area contributed by atoms with E-state index in [9.17, 15) is 14.0 Å². The molecule has 3 N–H and O–H groups in total. The van der Waals surface area contributed by atoms with Gasteiger partial charge in [0.2, 0.25) is 0 Å². The van der Waals surface area contributed by atoms with Crippen LogP contribution in [0.3, 0.4) is 0 Å². The zero-order valence-electron chi connectivity index (χ0n) is 14.8. The maximum Gasteiger partial charge on any atom is 0.329 e. The molecule has 7 heteroatoms. The molecule has 2 heterocycles. The Balaban J connectivity index is 1.68. The third kappa shape index (κ3) is 2.26. The molecule has 0 amide bonds. The number of halogens is 1. The Hall–Kier alpha value is -2.15. The molecule has 1 aliphatic heterocycles. The minimum atomic E-state index is -0.520. The second-order valence-corrected chi connectivity index (χ2v) is 8.25. The highest BCUT2D eigenvalue weighted by molar-refractivity contribution is 5.87. The van der Waals surface area contributed by atoms with Crippen molar-refractivity contribution in [3.05, 3.63) is 38.3 Å². The number of hydrogen-bond donors (Lipinski definition) is 2. The Morgan fingerprint density at radius 1 is 1.27 bits per heavy atom. The Bertz CT molecular complexity index is 1030. The van der Waals surface area contributed by atoms with E-state index in [1.807, 2.05) is 11.8 Å². The number of aryl methyl sites for hydroxylation is 1. The van der Waals surface area contributed by atoms with Crippen LogP contribution in [0.4, 0.5) is 10.1 Å². The molecule has 2 saturated carbocycles. The van der Waals surface area contributed by atoms with Gasteiger partial charge in [-0.3, -0.25) is 14.3 Å². The fourth-order valence-corrected chi connectivity index (χ4v) is 4.62. The van der Waals surface area contributed by atoms with Gasteiger partial charge in [-0.2, -0.15) is 0 Å². The van der Waals surface area contributed by atoms with Gasteiger partial charge < -0.3 is 10.6 Å². The fraction of sp³-hybridized carbons (Fsp3) is 0.579. The van der Waals surface area contributed by atoms with Crippen molar-refractivity contribution in [3.63, 3.8) is 0 Å². The number of H-pyrrole nitrogens is 1. The molecule has 2 aliphatic carbocycles. The van der Waals surface area contributed by atoms with Crippen molar-refractivity contribution in [2.45, 2.75) is 50.6 Å². The minimum absolute atomic E-state index is 0.0801. The van der Waals surface area contributed by atoms with E-state index in [1.54, 1.807) is 4.57 Å². The number of aromatic nitrogens is 2. The summed E-state index contributed by atoms with van der Waals surface area (Å²) in [6.07, 6.45) is 4.87. The molecule has 3 fully saturated rings. The van der Waals surface area contributed by atoms with Gasteiger partial charge in [0.1, 0.15) is 5.82 Å².